The molecule has 0 saturated carbocycles. The molecule has 2 aromatic carbocycles. The molecule has 1 aliphatic rings. The van der Waals surface area contributed by atoms with E-state index in [4.69, 9.17) is 4.74 Å². The van der Waals surface area contributed by atoms with Gasteiger partial charge in [0.2, 0.25) is 0 Å². The van der Waals surface area contributed by atoms with Crippen LogP contribution in [0.1, 0.15) is 16.7 Å². The highest BCUT2D eigenvalue weighted by molar-refractivity contribution is 5.72. The lowest BCUT2D eigenvalue weighted by atomic mass is 10.1. The predicted molar refractivity (Wildman–Crippen MR) is 73.9 cm³/mol. The number of ether oxygens (including phenoxy) is 1. The van der Waals surface area contributed by atoms with E-state index < -0.39 is 0 Å². The molecule has 96 valence electrons. The van der Waals surface area contributed by atoms with Crippen LogP contribution in [0.3, 0.4) is 0 Å². The SMILES string of the molecule is O=C(Cc1ccccc1)OC1Cc2ccccc2C1. The van der Waals surface area contributed by atoms with Crippen molar-refractivity contribution in [3.63, 3.8) is 0 Å². The molecule has 2 aromatic rings. The summed E-state index contributed by atoms with van der Waals surface area (Å²) in [5.74, 6) is -0.135. The first kappa shape index (κ1) is 12.0. The fourth-order valence-electron chi connectivity index (χ4n) is 2.59. The average Bonchev–Trinajstić information content (AvgIpc) is 2.81. The van der Waals surface area contributed by atoms with Crippen molar-refractivity contribution in [3.05, 3.63) is 71.3 Å². The van der Waals surface area contributed by atoms with Gasteiger partial charge in [-0.15, -0.1) is 0 Å². The Balaban J connectivity index is 1.58. The molecule has 0 bridgehead atoms. The first-order chi connectivity index (χ1) is 9.31. The van der Waals surface area contributed by atoms with E-state index in [0.29, 0.717) is 6.42 Å². The van der Waals surface area contributed by atoms with Gasteiger partial charge in [-0.25, -0.2) is 0 Å². The van der Waals surface area contributed by atoms with Crippen LogP contribution in [0, 0.1) is 0 Å². The summed E-state index contributed by atoms with van der Waals surface area (Å²) in [6.07, 6.45) is 2.05. The van der Waals surface area contributed by atoms with Crippen LogP contribution in [0.5, 0.6) is 0 Å². The van der Waals surface area contributed by atoms with Crippen LogP contribution in [0.25, 0.3) is 0 Å². The maximum Gasteiger partial charge on any atom is 0.310 e. The molecular weight excluding hydrogens is 236 g/mol. The van der Waals surface area contributed by atoms with E-state index in [1.54, 1.807) is 0 Å². The Hall–Kier alpha value is -2.09. The highest BCUT2D eigenvalue weighted by Crippen LogP contribution is 2.24. The van der Waals surface area contributed by atoms with Gasteiger partial charge in [0, 0.05) is 12.8 Å². The van der Waals surface area contributed by atoms with Crippen molar-refractivity contribution in [1.29, 1.82) is 0 Å². The van der Waals surface area contributed by atoms with Crippen LogP contribution in [0.2, 0.25) is 0 Å². The maximum atomic E-state index is 11.9. The second-order valence-corrected chi connectivity index (χ2v) is 4.95. The lowest BCUT2D eigenvalue weighted by molar-refractivity contribution is -0.147. The van der Waals surface area contributed by atoms with Gasteiger partial charge in [-0.2, -0.15) is 0 Å². The molecule has 2 heteroatoms. The van der Waals surface area contributed by atoms with Crippen molar-refractivity contribution in [1.82, 2.24) is 0 Å². The van der Waals surface area contributed by atoms with Crippen LogP contribution in [-0.4, -0.2) is 12.1 Å². The molecule has 0 spiro atoms. The molecule has 3 rings (SSSR count). The Morgan fingerprint density at radius 2 is 1.53 bits per heavy atom. The topological polar surface area (TPSA) is 26.3 Å². The summed E-state index contributed by atoms with van der Waals surface area (Å²) in [4.78, 5) is 11.9. The van der Waals surface area contributed by atoms with E-state index in [2.05, 4.69) is 12.1 Å². The first-order valence-electron chi connectivity index (χ1n) is 6.61. The molecule has 1 aliphatic carbocycles. The van der Waals surface area contributed by atoms with Gasteiger partial charge in [0.05, 0.1) is 6.42 Å². The lowest BCUT2D eigenvalue weighted by Crippen LogP contribution is -2.19. The number of hydrogen-bond donors (Lipinski definition) is 0. The van der Waals surface area contributed by atoms with E-state index in [0.717, 1.165) is 18.4 Å². The molecule has 0 N–H and O–H groups in total. The Labute approximate surface area is 113 Å². The Morgan fingerprint density at radius 3 is 2.16 bits per heavy atom. The lowest BCUT2D eigenvalue weighted by Gasteiger charge is -2.11. The molecule has 19 heavy (non-hydrogen) atoms. The summed E-state index contributed by atoms with van der Waals surface area (Å²) in [6.45, 7) is 0. The second-order valence-electron chi connectivity index (χ2n) is 4.95. The molecule has 0 saturated heterocycles. The minimum atomic E-state index is -0.135. The maximum absolute atomic E-state index is 11.9. The third kappa shape index (κ3) is 2.84. The summed E-state index contributed by atoms with van der Waals surface area (Å²) in [6, 6.07) is 18.0. The zero-order chi connectivity index (χ0) is 13.1. The fraction of sp³-hybridized carbons (Fsp3) is 0.235. The van der Waals surface area contributed by atoms with Crippen LogP contribution >= 0.6 is 0 Å². The van der Waals surface area contributed by atoms with Gasteiger partial charge in [-0.05, 0) is 16.7 Å². The minimum absolute atomic E-state index is 0.00797. The normalized spacial score (nSPS) is 14.1. The van der Waals surface area contributed by atoms with Gasteiger partial charge in [0.25, 0.3) is 0 Å². The Kier molecular flexibility index (Phi) is 3.32. The van der Waals surface area contributed by atoms with Crippen molar-refractivity contribution >= 4 is 5.97 Å². The zero-order valence-corrected chi connectivity index (χ0v) is 10.7. The van der Waals surface area contributed by atoms with Crippen LogP contribution in [-0.2, 0) is 28.8 Å². The highest BCUT2D eigenvalue weighted by Gasteiger charge is 2.24. The number of rotatable bonds is 3. The van der Waals surface area contributed by atoms with Gasteiger partial charge in [0.15, 0.2) is 0 Å². The van der Waals surface area contributed by atoms with Gasteiger partial charge in [-0.3, -0.25) is 4.79 Å². The standard InChI is InChI=1S/C17H16O2/c18-17(10-13-6-2-1-3-7-13)19-16-11-14-8-4-5-9-15(14)12-16/h1-9,16H,10-12H2. The van der Waals surface area contributed by atoms with Gasteiger partial charge in [-0.1, -0.05) is 54.6 Å². The predicted octanol–water partition coefficient (Wildman–Crippen LogP) is 2.94. The number of esters is 1. The number of benzene rings is 2. The molecule has 0 fully saturated rings. The largest absolute Gasteiger partial charge is 0.461 e. The summed E-state index contributed by atoms with van der Waals surface area (Å²) in [5, 5.41) is 0. The van der Waals surface area contributed by atoms with Crippen LogP contribution in [0.4, 0.5) is 0 Å². The Bertz CT molecular complexity index is 550. The van der Waals surface area contributed by atoms with Crippen molar-refractivity contribution in [3.8, 4) is 0 Å². The van der Waals surface area contributed by atoms with Crippen LogP contribution < -0.4 is 0 Å². The summed E-state index contributed by atoms with van der Waals surface area (Å²) < 4.78 is 5.56. The molecule has 0 heterocycles. The van der Waals surface area contributed by atoms with Crippen LogP contribution in [0.15, 0.2) is 54.6 Å². The van der Waals surface area contributed by atoms with E-state index in [1.807, 2.05) is 42.5 Å². The van der Waals surface area contributed by atoms with Gasteiger partial charge in [0.1, 0.15) is 6.10 Å². The van der Waals surface area contributed by atoms with E-state index in [1.165, 1.54) is 11.1 Å². The molecule has 0 aromatic heterocycles. The molecule has 0 amide bonds. The van der Waals surface area contributed by atoms with Crippen molar-refractivity contribution < 1.29 is 9.53 Å². The summed E-state index contributed by atoms with van der Waals surface area (Å²) in [5.41, 5.74) is 3.61. The fourth-order valence-corrected chi connectivity index (χ4v) is 2.59. The van der Waals surface area contributed by atoms with Crippen molar-refractivity contribution in [2.24, 2.45) is 0 Å². The van der Waals surface area contributed by atoms with Gasteiger partial charge < -0.3 is 4.74 Å². The first-order valence-corrected chi connectivity index (χ1v) is 6.61. The molecule has 0 atom stereocenters. The monoisotopic (exact) mass is 252 g/mol. The number of carbonyl (C=O) groups excluding carboxylic acids is 1. The minimum Gasteiger partial charge on any atom is -0.461 e. The molecule has 0 aliphatic heterocycles. The smallest absolute Gasteiger partial charge is 0.310 e. The Morgan fingerprint density at radius 1 is 0.947 bits per heavy atom. The number of hydrogen-bond acceptors (Lipinski definition) is 2. The van der Waals surface area contributed by atoms with Crippen molar-refractivity contribution in [2.45, 2.75) is 25.4 Å². The third-order valence-electron chi connectivity index (χ3n) is 3.50. The number of fused-ring (bicyclic) bond motifs is 1. The molecule has 2 nitrogen and oxygen atoms in total. The molecular formula is C17H16O2. The second kappa shape index (κ2) is 5.27. The molecule has 0 unspecified atom stereocenters. The third-order valence-corrected chi connectivity index (χ3v) is 3.50. The van der Waals surface area contributed by atoms with Gasteiger partial charge >= 0.3 is 5.97 Å². The highest BCUT2D eigenvalue weighted by atomic mass is 16.5. The summed E-state index contributed by atoms with van der Waals surface area (Å²) in [7, 11) is 0. The average molecular weight is 252 g/mol. The van der Waals surface area contributed by atoms with E-state index in [9.17, 15) is 4.79 Å². The molecule has 0 radical (unpaired) electrons. The quantitative estimate of drug-likeness (QED) is 0.785. The van der Waals surface area contributed by atoms with E-state index in [-0.39, 0.29) is 12.1 Å². The number of carbonyl (C=O) groups is 1. The summed E-state index contributed by atoms with van der Waals surface area (Å²) >= 11 is 0. The zero-order valence-electron chi connectivity index (χ0n) is 10.7. The van der Waals surface area contributed by atoms with E-state index >= 15 is 0 Å². The van der Waals surface area contributed by atoms with Crippen molar-refractivity contribution in [2.75, 3.05) is 0 Å².